The molecule has 0 aliphatic carbocycles. The number of hydrazone groups is 1. The Morgan fingerprint density at radius 1 is 1.47 bits per heavy atom. The van der Waals surface area contributed by atoms with E-state index in [9.17, 15) is 10.1 Å². The Bertz CT molecular complexity index is 529. The summed E-state index contributed by atoms with van der Waals surface area (Å²) < 4.78 is 5.83. The van der Waals surface area contributed by atoms with Gasteiger partial charge in [-0.05, 0) is 40.3 Å². The fourth-order valence-electron chi connectivity index (χ4n) is 1.65. The van der Waals surface area contributed by atoms with E-state index in [1.807, 2.05) is 0 Å². The summed E-state index contributed by atoms with van der Waals surface area (Å²) in [6, 6.07) is 6.28. The molecule has 0 saturated carbocycles. The lowest BCUT2D eigenvalue weighted by Gasteiger charge is -2.28. The highest BCUT2D eigenvalue weighted by molar-refractivity contribution is 14.1. The molecule has 1 aromatic carbocycles. The average Bonchev–Trinajstić information content (AvgIpc) is 2.41. The molecule has 1 aliphatic rings. The molecule has 7 nitrogen and oxygen atoms in total. The Labute approximate surface area is 123 Å². The van der Waals surface area contributed by atoms with Gasteiger partial charge in [-0.1, -0.05) is 0 Å². The lowest BCUT2D eigenvalue weighted by molar-refractivity contribution is -0.384. The highest BCUT2D eigenvalue weighted by Crippen LogP contribution is 2.27. The van der Waals surface area contributed by atoms with Gasteiger partial charge in [0, 0.05) is 19.2 Å². The quantitative estimate of drug-likeness (QED) is 0.460. The first kappa shape index (κ1) is 13.9. The highest BCUT2D eigenvalue weighted by atomic mass is 127. The maximum atomic E-state index is 10.6. The summed E-state index contributed by atoms with van der Waals surface area (Å²) in [6.45, 7) is 0.297. The van der Waals surface area contributed by atoms with Crippen molar-refractivity contribution < 1.29 is 9.66 Å². The average molecular weight is 374 g/mol. The van der Waals surface area contributed by atoms with Crippen LogP contribution in [0.4, 0.5) is 5.69 Å². The Morgan fingerprint density at radius 2 is 2.16 bits per heavy atom. The number of nitrogens with zero attached hydrogens (tertiary/aromatic N) is 4. The molecule has 0 saturated heterocycles. The maximum absolute atomic E-state index is 10.6. The van der Waals surface area contributed by atoms with Crippen molar-refractivity contribution in [2.24, 2.45) is 10.1 Å². The van der Waals surface area contributed by atoms with E-state index in [2.05, 4.69) is 32.7 Å². The summed E-state index contributed by atoms with van der Waals surface area (Å²) >= 11 is 2.08. The van der Waals surface area contributed by atoms with Crippen molar-refractivity contribution in [1.82, 2.24) is 5.01 Å². The Morgan fingerprint density at radius 3 is 2.74 bits per heavy atom. The van der Waals surface area contributed by atoms with Crippen LogP contribution in [0.3, 0.4) is 0 Å². The monoisotopic (exact) mass is 374 g/mol. The van der Waals surface area contributed by atoms with Crippen LogP contribution in [0.5, 0.6) is 0 Å². The van der Waals surface area contributed by atoms with E-state index in [4.69, 9.17) is 4.74 Å². The van der Waals surface area contributed by atoms with Crippen LogP contribution in [0.2, 0.25) is 0 Å². The van der Waals surface area contributed by atoms with Crippen LogP contribution in [-0.4, -0.2) is 33.7 Å². The van der Waals surface area contributed by atoms with Gasteiger partial charge in [-0.25, -0.2) is 10.0 Å². The maximum Gasteiger partial charge on any atom is 0.269 e. The number of ether oxygens (including phenoxy) is 1. The number of methoxy groups -OCH3 is 1. The van der Waals surface area contributed by atoms with Crippen molar-refractivity contribution in [2.45, 2.75) is 6.17 Å². The number of non-ortho nitro benzene ring substituents is 1. The molecule has 1 aromatic rings. The Kier molecular flexibility index (Phi) is 4.43. The summed E-state index contributed by atoms with van der Waals surface area (Å²) in [5.41, 5.74) is 0.883. The zero-order valence-electron chi connectivity index (χ0n) is 10.1. The van der Waals surface area contributed by atoms with Gasteiger partial charge in [0.15, 0.2) is 6.17 Å². The van der Waals surface area contributed by atoms with E-state index in [0.29, 0.717) is 6.73 Å². The predicted molar refractivity (Wildman–Crippen MR) is 79.5 cm³/mol. The number of halogens is 1. The fourth-order valence-corrected chi connectivity index (χ4v) is 2.04. The van der Waals surface area contributed by atoms with Crippen LogP contribution in [0.15, 0.2) is 34.4 Å². The van der Waals surface area contributed by atoms with Crippen molar-refractivity contribution in [3.8, 4) is 0 Å². The summed E-state index contributed by atoms with van der Waals surface area (Å²) in [6.07, 6.45) is 1.32. The predicted octanol–water partition coefficient (Wildman–Crippen LogP) is 2.33. The summed E-state index contributed by atoms with van der Waals surface area (Å²) in [5.74, 6) is 0. The summed E-state index contributed by atoms with van der Waals surface area (Å²) in [7, 11) is 1.58. The topological polar surface area (TPSA) is 80.3 Å². The number of hydrogen-bond donors (Lipinski definition) is 0. The van der Waals surface area contributed by atoms with Gasteiger partial charge in [0.2, 0.25) is 0 Å². The zero-order valence-corrected chi connectivity index (χ0v) is 12.2. The number of aliphatic imine (C=N–C) groups is 1. The SMILES string of the molecule is COCN1N=CC(I)=N[C@H]1c1ccc([N+](=O)[O-])cc1. The lowest BCUT2D eigenvalue weighted by Crippen LogP contribution is -2.28. The number of benzene rings is 1. The van der Waals surface area contributed by atoms with E-state index in [1.54, 1.807) is 30.5 Å². The van der Waals surface area contributed by atoms with E-state index in [1.165, 1.54) is 12.1 Å². The lowest BCUT2D eigenvalue weighted by atomic mass is 10.1. The second kappa shape index (κ2) is 6.06. The molecule has 0 N–H and O–H groups in total. The molecule has 1 atom stereocenters. The van der Waals surface area contributed by atoms with Crippen LogP contribution in [0, 0.1) is 10.1 Å². The number of nitro groups is 1. The first-order chi connectivity index (χ1) is 9.11. The molecular weight excluding hydrogens is 363 g/mol. The van der Waals surface area contributed by atoms with Gasteiger partial charge < -0.3 is 4.74 Å². The van der Waals surface area contributed by atoms with Crippen LogP contribution in [0.1, 0.15) is 11.7 Å². The van der Waals surface area contributed by atoms with Gasteiger partial charge >= 0.3 is 0 Å². The second-order valence-electron chi connectivity index (χ2n) is 3.78. The Hall–Kier alpha value is -1.55. The first-order valence-corrected chi connectivity index (χ1v) is 6.47. The van der Waals surface area contributed by atoms with Gasteiger partial charge in [0.25, 0.3) is 5.69 Å². The molecule has 19 heavy (non-hydrogen) atoms. The molecule has 2 rings (SSSR count). The van der Waals surface area contributed by atoms with Gasteiger partial charge in [-0.15, -0.1) is 0 Å². The molecule has 1 aliphatic heterocycles. The normalized spacial score (nSPS) is 18.3. The molecule has 0 bridgehead atoms. The van der Waals surface area contributed by atoms with Crippen LogP contribution >= 0.6 is 22.6 Å². The third-order valence-corrected chi connectivity index (χ3v) is 3.06. The molecule has 0 unspecified atom stereocenters. The third kappa shape index (κ3) is 3.26. The minimum Gasteiger partial charge on any atom is -0.363 e. The van der Waals surface area contributed by atoms with Crippen molar-refractivity contribution in [2.75, 3.05) is 13.8 Å². The van der Waals surface area contributed by atoms with Crippen LogP contribution in [0.25, 0.3) is 0 Å². The van der Waals surface area contributed by atoms with Gasteiger partial charge in [0.1, 0.15) is 10.4 Å². The molecular formula is C11H11IN4O3. The second-order valence-corrected chi connectivity index (χ2v) is 4.88. The molecule has 8 heteroatoms. The molecule has 100 valence electrons. The van der Waals surface area contributed by atoms with E-state index < -0.39 is 4.92 Å². The summed E-state index contributed by atoms with van der Waals surface area (Å²) in [4.78, 5) is 14.7. The van der Waals surface area contributed by atoms with Crippen molar-refractivity contribution in [3.63, 3.8) is 0 Å². The first-order valence-electron chi connectivity index (χ1n) is 5.39. The van der Waals surface area contributed by atoms with Gasteiger partial charge in [0.05, 0.1) is 11.1 Å². The highest BCUT2D eigenvalue weighted by Gasteiger charge is 2.21. The molecule has 0 aromatic heterocycles. The minimum absolute atomic E-state index is 0.0556. The summed E-state index contributed by atoms with van der Waals surface area (Å²) in [5, 5.41) is 16.5. The van der Waals surface area contributed by atoms with Crippen molar-refractivity contribution in [1.29, 1.82) is 0 Å². The van der Waals surface area contributed by atoms with Gasteiger partial charge in [-0.3, -0.25) is 10.1 Å². The van der Waals surface area contributed by atoms with E-state index in [0.717, 1.165) is 9.28 Å². The van der Waals surface area contributed by atoms with Crippen molar-refractivity contribution >= 4 is 38.2 Å². The zero-order chi connectivity index (χ0) is 13.8. The molecule has 0 amide bonds. The van der Waals surface area contributed by atoms with E-state index >= 15 is 0 Å². The largest absolute Gasteiger partial charge is 0.363 e. The van der Waals surface area contributed by atoms with Gasteiger partial charge in [-0.2, -0.15) is 5.10 Å². The standard InChI is InChI=1S/C11H11IN4O3/c1-19-7-15-11(14-10(12)6-13-15)8-2-4-9(5-3-8)16(17)18/h2-6,11H,7H2,1H3/t11-/m1/s1. The fraction of sp³-hybridized carbons (Fsp3) is 0.273. The van der Waals surface area contributed by atoms with Crippen LogP contribution in [-0.2, 0) is 4.74 Å². The van der Waals surface area contributed by atoms with Crippen molar-refractivity contribution in [3.05, 3.63) is 39.9 Å². The minimum atomic E-state index is -0.428. The molecule has 1 heterocycles. The van der Waals surface area contributed by atoms with E-state index in [-0.39, 0.29) is 11.9 Å². The number of hydrogen-bond acceptors (Lipinski definition) is 6. The number of nitro benzene ring substituents is 1. The number of rotatable bonds is 4. The smallest absolute Gasteiger partial charge is 0.269 e. The van der Waals surface area contributed by atoms with Crippen LogP contribution < -0.4 is 0 Å². The molecule has 0 spiro atoms. The third-order valence-electron chi connectivity index (χ3n) is 2.50. The molecule has 0 fully saturated rings. The Balaban J connectivity index is 2.27. The molecule has 0 radical (unpaired) electrons.